The molecular formula is C39H73NO11. The molecule has 2 N–H and O–H groups in total. The first-order valence-electron chi connectivity index (χ1n) is 19.6. The summed E-state index contributed by atoms with van der Waals surface area (Å²) >= 11 is 0. The third-order valence-electron chi connectivity index (χ3n) is 7.62. The zero-order chi connectivity index (χ0) is 36.4. The van der Waals surface area contributed by atoms with E-state index in [-0.39, 0.29) is 0 Å². The van der Waals surface area contributed by atoms with Crippen molar-refractivity contribution in [3.05, 3.63) is 24.3 Å². The van der Waals surface area contributed by atoms with E-state index in [0.717, 1.165) is 18.8 Å². The second-order valence-electron chi connectivity index (χ2n) is 12.1. The number of anilines is 1. The molecule has 0 bridgehead atoms. The average molecular weight is 732 g/mol. The van der Waals surface area contributed by atoms with E-state index in [1.54, 1.807) is 12.1 Å². The minimum Gasteiger partial charge on any atom is -0.491 e. The number of hydrogen-bond acceptors (Lipinski definition) is 12. The lowest BCUT2D eigenvalue weighted by atomic mass is 10.1. The van der Waals surface area contributed by atoms with Crippen LogP contribution in [0.25, 0.3) is 0 Å². The van der Waals surface area contributed by atoms with Crippen molar-refractivity contribution in [1.29, 1.82) is 0 Å². The van der Waals surface area contributed by atoms with E-state index in [4.69, 9.17) is 57.8 Å². The Morgan fingerprint density at radius 3 is 0.882 bits per heavy atom. The fourth-order valence-corrected chi connectivity index (χ4v) is 4.73. The summed E-state index contributed by atoms with van der Waals surface area (Å²) < 4.78 is 60.8. The van der Waals surface area contributed by atoms with E-state index < -0.39 is 0 Å². The Kier molecular flexibility index (Phi) is 38.3. The fraction of sp³-hybridized carbons (Fsp3) is 0.846. The summed E-state index contributed by atoms with van der Waals surface area (Å²) in [6.45, 7) is 13.7. The third-order valence-corrected chi connectivity index (χ3v) is 7.62. The Labute approximate surface area is 309 Å². The molecule has 1 aromatic rings. The van der Waals surface area contributed by atoms with Gasteiger partial charge in [0.15, 0.2) is 0 Å². The Bertz CT molecular complexity index is 791. The molecule has 1 aromatic carbocycles. The number of unbranched alkanes of at least 4 members (excludes halogenated alkanes) is 10. The summed E-state index contributed by atoms with van der Waals surface area (Å²) in [4.78, 5) is 0. The molecule has 300 valence electrons. The number of benzene rings is 1. The van der Waals surface area contributed by atoms with E-state index in [9.17, 15) is 0 Å². The predicted octanol–water partition coefficient (Wildman–Crippen LogP) is 6.12. The van der Waals surface area contributed by atoms with Gasteiger partial charge in [0.1, 0.15) is 12.4 Å². The van der Waals surface area contributed by atoms with Gasteiger partial charge in [-0.25, -0.2) is 0 Å². The van der Waals surface area contributed by atoms with Crippen LogP contribution in [-0.4, -0.2) is 139 Å². The topological polar surface area (TPSA) is 128 Å². The lowest BCUT2D eigenvalue weighted by Gasteiger charge is -2.09. The molecule has 51 heavy (non-hydrogen) atoms. The molecule has 0 atom stereocenters. The van der Waals surface area contributed by atoms with Crippen molar-refractivity contribution in [2.45, 2.75) is 77.6 Å². The van der Waals surface area contributed by atoms with Crippen LogP contribution in [0.2, 0.25) is 0 Å². The number of nitrogens with two attached hydrogens (primary N) is 1. The molecule has 0 radical (unpaired) electrons. The number of rotatable bonds is 43. The smallest absolute Gasteiger partial charge is 0.119 e. The van der Waals surface area contributed by atoms with Crippen molar-refractivity contribution in [1.82, 2.24) is 0 Å². The maximum Gasteiger partial charge on any atom is 0.119 e. The molecule has 0 saturated heterocycles. The van der Waals surface area contributed by atoms with Gasteiger partial charge in [0.2, 0.25) is 0 Å². The van der Waals surface area contributed by atoms with E-state index in [2.05, 4.69) is 6.92 Å². The Hall–Kier alpha value is -1.58. The highest BCUT2D eigenvalue weighted by Gasteiger charge is 1.98. The van der Waals surface area contributed by atoms with Gasteiger partial charge >= 0.3 is 0 Å². The first-order valence-corrected chi connectivity index (χ1v) is 19.6. The maximum atomic E-state index is 5.66. The minimum atomic E-state index is 0.479. The van der Waals surface area contributed by atoms with Crippen molar-refractivity contribution in [3.63, 3.8) is 0 Å². The van der Waals surface area contributed by atoms with Crippen LogP contribution in [0.15, 0.2) is 24.3 Å². The van der Waals surface area contributed by atoms with Gasteiger partial charge in [-0.15, -0.1) is 0 Å². The van der Waals surface area contributed by atoms with Gasteiger partial charge in [-0.05, 0) is 30.7 Å². The summed E-state index contributed by atoms with van der Waals surface area (Å²) in [5.74, 6) is 0.775. The number of hydrogen-bond donors (Lipinski definition) is 1. The molecule has 0 aliphatic heterocycles. The summed E-state index contributed by atoms with van der Waals surface area (Å²) in [5.41, 5.74) is 6.36. The van der Waals surface area contributed by atoms with Crippen LogP contribution >= 0.6 is 0 Å². The zero-order valence-corrected chi connectivity index (χ0v) is 32.0. The van der Waals surface area contributed by atoms with E-state index in [1.807, 2.05) is 12.1 Å². The monoisotopic (exact) mass is 732 g/mol. The molecule has 0 aliphatic rings. The highest BCUT2D eigenvalue weighted by molar-refractivity contribution is 5.41. The summed E-state index contributed by atoms with van der Waals surface area (Å²) in [6, 6.07) is 7.28. The van der Waals surface area contributed by atoms with Gasteiger partial charge in [0.25, 0.3) is 0 Å². The van der Waals surface area contributed by atoms with E-state index in [0.29, 0.717) is 138 Å². The molecule has 0 spiro atoms. The largest absolute Gasteiger partial charge is 0.491 e. The van der Waals surface area contributed by atoms with Gasteiger partial charge < -0.3 is 57.8 Å². The molecular weight excluding hydrogens is 658 g/mol. The number of nitrogen functional groups attached to an aromatic ring is 1. The van der Waals surface area contributed by atoms with Crippen LogP contribution in [-0.2, 0) is 47.4 Å². The Morgan fingerprint density at radius 1 is 0.314 bits per heavy atom. The first-order chi connectivity index (χ1) is 25.3. The van der Waals surface area contributed by atoms with Crippen LogP contribution in [0.4, 0.5) is 5.69 Å². The van der Waals surface area contributed by atoms with Crippen LogP contribution < -0.4 is 10.5 Å². The van der Waals surface area contributed by atoms with Crippen molar-refractivity contribution < 1.29 is 52.1 Å². The summed E-state index contributed by atoms with van der Waals surface area (Å²) in [5, 5.41) is 0. The van der Waals surface area contributed by atoms with Gasteiger partial charge in [0, 0.05) is 12.3 Å². The van der Waals surface area contributed by atoms with Crippen LogP contribution in [0, 0.1) is 0 Å². The molecule has 0 amide bonds. The standard InChI is InChI=1S/C39H73NO11/c1-2-3-4-5-6-7-8-9-10-11-12-17-41-18-19-42-20-21-43-22-23-44-24-25-45-26-27-46-28-29-47-30-31-48-32-33-49-34-35-50-36-37-51-39-15-13-38(40)14-16-39/h13-16H,2-12,17-37,40H2,1H3. The highest BCUT2D eigenvalue weighted by Crippen LogP contribution is 2.13. The SMILES string of the molecule is CCCCCCCCCCCCCOCCOCCOCCOCCOCCOCCOCCOCCOCCOCCOc1ccc(N)cc1. The average Bonchev–Trinajstić information content (AvgIpc) is 3.14. The first kappa shape index (κ1) is 47.4. The fourth-order valence-electron chi connectivity index (χ4n) is 4.73. The van der Waals surface area contributed by atoms with Crippen molar-refractivity contribution in [2.75, 3.05) is 144 Å². The Balaban J connectivity index is 1.61. The molecule has 0 heterocycles. The molecule has 0 saturated carbocycles. The quantitative estimate of drug-likeness (QED) is 0.0614. The van der Waals surface area contributed by atoms with Crippen LogP contribution in [0.3, 0.4) is 0 Å². The molecule has 12 nitrogen and oxygen atoms in total. The summed E-state index contributed by atoms with van der Waals surface area (Å²) in [6.07, 6.45) is 14.9. The van der Waals surface area contributed by atoms with Crippen LogP contribution in [0.5, 0.6) is 5.75 Å². The minimum absolute atomic E-state index is 0.479. The second-order valence-corrected chi connectivity index (χ2v) is 12.1. The lowest BCUT2D eigenvalue weighted by molar-refractivity contribution is -0.0267. The third kappa shape index (κ3) is 38.0. The van der Waals surface area contributed by atoms with Crippen molar-refractivity contribution >= 4 is 5.69 Å². The normalized spacial score (nSPS) is 11.5. The van der Waals surface area contributed by atoms with E-state index >= 15 is 0 Å². The number of ether oxygens (including phenoxy) is 11. The maximum absolute atomic E-state index is 5.66. The molecule has 1 rings (SSSR count). The van der Waals surface area contributed by atoms with Crippen molar-refractivity contribution in [2.24, 2.45) is 0 Å². The highest BCUT2D eigenvalue weighted by atomic mass is 16.6. The van der Waals surface area contributed by atoms with Gasteiger partial charge in [-0.3, -0.25) is 0 Å². The molecule has 0 unspecified atom stereocenters. The summed E-state index contributed by atoms with van der Waals surface area (Å²) in [7, 11) is 0. The van der Waals surface area contributed by atoms with Crippen LogP contribution in [0.1, 0.15) is 77.6 Å². The van der Waals surface area contributed by atoms with Crippen molar-refractivity contribution in [3.8, 4) is 5.75 Å². The molecule has 0 fully saturated rings. The molecule has 0 aliphatic carbocycles. The van der Waals surface area contributed by atoms with E-state index in [1.165, 1.54) is 64.2 Å². The second kappa shape index (κ2) is 41.2. The van der Waals surface area contributed by atoms with Gasteiger partial charge in [0.05, 0.1) is 126 Å². The predicted molar refractivity (Wildman–Crippen MR) is 201 cm³/mol. The zero-order valence-electron chi connectivity index (χ0n) is 32.0. The lowest BCUT2D eigenvalue weighted by Crippen LogP contribution is -2.15. The van der Waals surface area contributed by atoms with Gasteiger partial charge in [-0.1, -0.05) is 71.1 Å². The Morgan fingerprint density at radius 2 is 0.569 bits per heavy atom. The molecule has 0 aromatic heterocycles. The molecule has 12 heteroatoms. The van der Waals surface area contributed by atoms with Gasteiger partial charge in [-0.2, -0.15) is 0 Å².